The maximum atomic E-state index is 11.6. The molecule has 0 heterocycles. The van der Waals surface area contributed by atoms with Gasteiger partial charge in [0.15, 0.2) is 0 Å². The normalized spacial score (nSPS) is 13.8. The monoisotopic (exact) mass is 288 g/mol. The number of carboxylic acids is 1. The van der Waals surface area contributed by atoms with Crippen LogP contribution in [0.1, 0.15) is 71.6 Å². The Morgan fingerprint density at radius 2 is 1.70 bits per heavy atom. The molecule has 0 amide bonds. The standard InChI is InChI=1S/C15H28O5/c1-3-5-6-7-9-13(11-14(17)18)20-15(19)10-12(16)8-4-2/h12-13,16H,3-11H2,1-2H3,(H,17,18). The van der Waals surface area contributed by atoms with Gasteiger partial charge in [-0.2, -0.15) is 0 Å². The van der Waals surface area contributed by atoms with Crippen LogP contribution in [0.25, 0.3) is 0 Å². The first-order valence-corrected chi connectivity index (χ1v) is 7.58. The van der Waals surface area contributed by atoms with Gasteiger partial charge in [0.25, 0.3) is 0 Å². The van der Waals surface area contributed by atoms with Gasteiger partial charge in [-0.1, -0.05) is 39.5 Å². The van der Waals surface area contributed by atoms with E-state index in [-0.39, 0.29) is 12.8 Å². The Morgan fingerprint density at radius 1 is 1.00 bits per heavy atom. The van der Waals surface area contributed by atoms with Crippen molar-refractivity contribution in [2.45, 2.75) is 83.8 Å². The quantitative estimate of drug-likeness (QED) is 0.426. The van der Waals surface area contributed by atoms with Gasteiger partial charge in [-0.3, -0.25) is 9.59 Å². The number of carboxylic acid groups (broad SMARTS) is 1. The van der Waals surface area contributed by atoms with Gasteiger partial charge < -0.3 is 14.9 Å². The number of esters is 1. The molecule has 0 saturated carbocycles. The van der Waals surface area contributed by atoms with Crippen LogP contribution in [0.3, 0.4) is 0 Å². The third kappa shape index (κ3) is 10.8. The minimum atomic E-state index is -0.965. The topological polar surface area (TPSA) is 83.8 Å². The van der Waals surface area contributed by atoms with Crippen LogP contribution >= 0.6 is 0 Å². The lowest BCUT2D eigenvalue weighted by molar-refractivity contribution is -0.155. The molecule has 5 heteroatoms. The highest BCUT2D eigenvalue weighted by Crippen LogP contribution is 2.13. The van der Waals surface area contributed by atoms with E-state index < -0.39 is 24.1 Å². The first kappa shape index (κ1) is 18.9. The van der Waals surface area contributed by atoms with Crippen LogP contribution < -0.4 is 0 Å². The van der Waals surface area contributed by atoms with Gasteiger partial charge in [-0.05, 0) is 19.3 Å². The van der Waals surface area contributed by atoms with E-state index in [1.54, 1.807) is 0 Å². The lowest BCUT2D eigenvalue weighted by Crippen LogP contribution is -2.24. The maximum Gasteiger partial charge on any atom is 0.308 e. The summed E-state index contributed by atoms with van der Waals surface area (Å²) in [6.07, 6.45) is 4.50. The summed E-state index contributed by atoms with van der Waals surface area (Å²) in [5.41, 5.74) is 0. The number of carbonyl (C=O) groups excluding carboxylic acids is 1. The van der Waals surface area contributed by atoms with Crippen molar-refractivity contribution in [1.29, 1.82) is 0 Å². The van der Waals surface area contributed by atoms with Crippen molar-refractivity contribution in [2.24, 2.45) is 0 Å². The second-order valence-corrected chi connectivity index (χ2v) is 5.21. The van der Waals surface area contributed by atoms with Crippen molar-refractivity contribution in [2.75, 3.05) is 0 Å². The minimum absolute atomic E-state index is 0.0566. The molecule has 2 unspecified atom stereocenters. The zero-order valence-corrected chi connectivity index (χ0v) is 12.6. The zero-order chi connectivity index (χ0) is 15.4. The van der Waals surface area contributed by atoms with E-state index in [0.29, 0.717) is 12.8 Å². The molecular formula is C15H28O5. The highest BCUT2D eigenvalue weighted by Gasteiger charge is 2.19. The Labute approximate surface area is 121 Å². The first-order chi connectivity index (χ1) is 9.49. The highest BCUT2D eigenvalue weighted by molar-refractivity contribution is 5.71. The number of aliphatic carboxylic acids is 1. The van der Waals surface area contributed by atoms with Crippen molar-refractivity contribution < 1.29 is 24.5 Å². The van der Waals surface area contributed by atoms with Crippen LogP contribution in [0.4, 0.5) is 0 Å². The second-order valence-electron chi connectivity index (χ2n) is 5.21. The maximum absolute atomic E-state index is 11.6. The van der Waals surface area contributed by atoms with Crippen LogP contribution in [-0.2, 0) is 14.3 Å². The van der Waals surface area contributed by atoms with E-state index in [0.717, 1.165) is 32.1 Å². The van der Waals surface area contributed by atoms with E-state index in [1.807, 2.05) is 6.92 Å². The molecule has 0 saturated heterocycles. The van der Waals surface area contributed by atoms with Crippen molar-refractivity contribution >= 4 is 11.9 Å². The molecular weight excluding hydrogens is 260 g/mol. The third-order valence-corrected chi connectivity index (χ3v) is 3.10. The molecule has 0 radical (unpaired) electrons. The highest BCUT2D eigenvalue weighted by atomic mass is 16.5. The van der Waals surface area contributed by atoms with Crippen molar-refractivity contribution in [1.82, 2.24) is 0 Å². The lowest BCUT2D eigenvalue weighted by Gasteiger charge is -2.17. The molecule has 0 aliphatic heterocycles. The van der Waals surface area contributed by atoms with Crippen molar-refractivity contribution in [3.8, 4) is 0 Å². The number of rotatable bonds is 12. The third-order valence-electron chi connectivity index (χ3n) is 3.10. The fourth-order valence-electron chi connectivity index (χ4n) is 2.06. The number of aliphatic hydroxyl groups is 1. The first-order valence-electron chi connectivity index (χ1n) is 7.58. The summed E-state index contributed by atoms with van der Waals surface area (Å²) in [5.74, 6) is -1.47. The van der Waals surface area contributed by atoms with Crippen molar-refractivity contribution in [3.05, 3.63) is 0 Å². The Morgan fingerprint density at radius 3 is 2.25 bits per heavy atom. The van der Waals surface area contributed by atoms with Crippen LogP contribution in [0, 0.1) is 0 Å². The molecule has 118 valence electrons. The molecule has 20 heavy (non-hydrogen) atoms. The number of carbonyl (C=O) groups is 2. The molecule has 0 aromatic carbocycles. The van der Waals surface area contributed by atoms with E-state index in [2.05, 4.69) is 6.92 Å². The Kier molecular flexibility index (Phi) is 11.1. The molecule has 0 bridgehead atoms. The number of hydrogen-bond donors (Lipinski definition) is 2. The fraction of sp³-hybridized carbons (Fsp3) is 0.867. The molecule has 0 rings (SSSR count). The largest absolute Gasteiger partial charge is 0.481 e. The molecule has 0 fully saturated rings. The molecule has 2 N–H and O–H groups in total. The molecule has 0 aromatic rings. The summed E-state index contributed by atoms with van der Waals surface area (Å²) in [7, 11) is 0. The molecule has 0 aliphatic rings. The van der Waals surface area contributed by atoms with Gasteiger partial charge in [-0.15, -0.1) is 0 Å². The Hall–Kier alpha value is -1.10. The minimum Gasteiger partial charge on any atom is -0.481 e. The number of hydrogen-bond acceptors (Lipinski definition) is 4. The summed E-state index contributed by atoms with van der Waals surface area (Å²) in [6, 6.07) is 0. The molecule has 5 nitrogen and oxygen atoms in total. The summed E-state index contributed by atoms with van der Waals surface area (Å²) >= 11 is 0. The molecule has 2 atom stereocenters. The van der Waals surface area contributed by atoms with Crippen molar-refractivity contribution in [3.63, 3.8) is 0 Å². The van der Waals surface area contributed by atoms with Crippen LogP contribution in [0.15, 0.2) is 0 Å². The van der Waals surface area contributed by atoms with E-state index in [9.17, 15) is 14.7 Å². The summed E-state index contributed by atoms with van der Waals surface area (Å²) in [4.78, 5) is 22.4. The van der Waals surface area contributed by atoms with Gasteiger partial charge in [0.1, 0.15) is 6.10 Å². The second kappa shape index (κ2) is 11.7. The summed E-state index contributed by atoms with van der Waals surface area (Å²) < 4.78 is 5.18. The predicted octanol–water partition coefficient (Wildman–Crippen LogP) is 2.89. The molecule has 0 aliphatic carbocycles. The number of unbranched alkanes of at least 4 members (excludes halogenated alkanes) is 3. The average Bonchev–Trinajstić information content (AvgIpc) is 2.33. The number of ether oxygens (including phenoxy) is 1. The van der Waals surface area contributed by atoms with E-state index >= 15 is 0 Å². The van der Waals surface area contributed by atoms with Crippen LogP contribution in [-0.4, -0.2) is 34.4 Å². The van der Waals surface area contributed by atoms with Gasteiger partial charge in [0, 0.05) is 0 Å². The van der Waals surface area contributed by atoms with Crippen LogP contribution in [0.5, 0.6) is 0 Å². The molecule has 0 spiro atoms. The predicted molar refractivity (Wildman–Crippen MR) is 76.4 cm³/mol. The summed E-state index contributed by atoms with van der Waals surface area (Å²) in [5, 5.41) is 18.4. The Bertz CT molecular complexity index is 277. The van der Waals surface area contributed by atoms with Crippen LogP contribution in [0.2, 0.25) is 0 Å². The van der Waals surface area contributed by atoms with Gasteiger partial charge in [0.05, 0.1) is 18.9 Å². The zero-order valence-electron chi connectivity index (χ0n) is 12.6. The SMILES string of the molecule is CCCCCCC(CC(=O)O)OC(=O)CC(O)CCC. The molecule has 0 aromatic heterocycles. The van der Waals surface area contributed by atoms with Gasteiger partial charge >= 0.3 is 11.9 Å². The Balaban J connectivity index is 4.12. The fourth-order valence-corrected chi connectivity index (χ4v) is 2.06. The van der Waals surface area contributed by atoms with Gasteiger partial charge in [0.2, 0.25) is 0 Å². The average molecular weight is 288 g/mol. The van der Waals surface area contributed by atoms with E-state index in [1.165, 1.54) is 0 Å². The number of aliphatic hydroxyl groups excluding tert-OH is 1. The van der Waals surface area contributed by atoms with E-state index in [4.69, 9.17) is 9.84 Å². The van der Waals surface area contributed by atoms with Gasteiger partial charge in [-0.25, -0.2) is 0 Å². The summed E-state index contributed by atoms with van der Waals surface area (Å²) in [6.45, 7) is 4.03. The smallest absolute Gasteiger partial charge is 0.308 e. The lowest BCUT2D eigenvalue weighted by atomic mass is 10.1.